The lowest BCUT2D eigenvalue weighted by Gasteiger charge is -2.06. The summed E-state index contributed by atoms with van der Waals surface area (Å²) in [6, 6.07) is 3.51. The van der Waals surface area contributed by atoms with Crippen LogP contribution in [0.5, 0.6) is 0 Å². The summed E-state index contributed by atoms with van der Waals surface area (Å²) < 4.78 is 22.8. The zero-order valence-corrected chi connectivity index (χ0v) is 9.74. The summed E-state index contributed by atoms with van der Waals surface area (Å²) in [4.78, 5) is 0.165. The standard InChI is InChI=1S/C8H10BrNO2S/c1-5-3-6(2)8(7(9)4-5)13(10,11)12/h3-4H,1-2H3,(H2,10,11,12). The lowest BCUT2D eigenvalue weighted by atomic mass is 10.2. The Hall–Kier alpha value is -0.390. The lowest BCUT2D eigenvalue weighted by molar-refractivity contribution is 0.596. The van der Waals surface area contributed by atoms with Crippen LogP contribution in [-0.4, -0.2) is 8.42 Å². The molecule has 0 aromatic heterocycles. The number of sulfonamides is 1. The van der Waals surface area contributed by atoms with Gasteiger partial charge >= 0.3 is 0 Å². The topological polar surface area (TPSA) is 60.2 Å². The van der Waals surface area contributed by atoms with Crippen molar-refractivity contribution >= 4 is 26.0 Å². The fraction of sp³-hybridized carbons (Fsp3) is 0.250. The number of benzene rings is 1. The summed E-state index contributed by atoms with van der Waals surface area (Å²) in [6.45, 7) is 3.61. The van der Waals surface area contributed by atoms with E-state index in [1.54, 1.807) is 19.1 Å². The van der Waals surface area contributed by atoms with E-state index in [4.69, 9.17) is 5.14 Å². The zero-order valence-electron chi connectivity index (χ0n) is 7.33. The van der Waals surface area contributed by atoms with Crippen molar-refractivity contribution in [3.05, 3.63) is 27.7 Å². The van der Waals surface area contributed by atoms with Crippen LogP contribution in [0.2, 0.25) is 0 Å². The number of hydrogen-bond donors (Lipinski definition) is 1. The molecule has 0 saturated carbocycles. The summed E-state index contributed by atoms with van der Waals surface area (Å²) in [5, 5.41) is 5.05. The van der Waals surface area contributed by atoms with Crippen molar-refractivity contribution in [1.29, 1.82) is 0 Å². The zero-order chi connectivity index (χ0) is 10.2. The predicted molar refractivity (Wildman–Crippen MR) is 55.0 cm³/mol. The monoisotopic (exact) mass is 263 g/mol. The Balaban J connectivity index is 3.57. The van der Waals surface area contributed by atoms with Crippen LogP contribution < -0.4 is 5.14 Å². The Morgan fingerprint density at radius 2 is 1.85 bits per heavy atom. The molecule has 0 unspecified atom stereocenters. The molecule has 0 aliphatic heterocycles. The summed E-state index contributed by atoms with van der Waals surface area (Å²) in [6.07, 6.45) is 0. The van der Waals surface area contributed by atoms with E-state index in [1.807, 2.05) is 6.92 Å². The molecule has 0 heterocycles. The molecule has 13 heavy (non-hydrogen) atoms. The summed E-state index contributed by atoms with van der Waals surface area (Å²) in [5.74, 6) is 0. The number of primary sulfonamides is 1. The second-order valence-corrected chi connectivity index (χ2v) is 5.29. The van der Waals surface area contributed by atoms with Gasteiger partial charge in [-0.2, -0.15) is 0 Å². The quantitative estimate of drug-likeness (QED) is 0.839. The molecule has 72 valence electrons. The first-order chi connectivity index (χ1) is 5.82. The Bertz CT molecular complexity index is 416. The molecule has 0 amide bonds. The van der Waals surface area contributed by atoms with Crippen molar-refractivity contribution in [1.82, 2.24) is 0 Å². The van der Waals surface area contributed by atoms with Crippen LogP contribution in [0.1, 0.15) is 11.1 Å². The number of nitrogens with two attached hydrogens (primary N) is 1. The largest absolute Gasteiger partial charge is 0.239 e. The molecule has 1 rings (SSSR count). The first kappa shape index (κ1) is 10.7. The minimum absolute atomic E-state index is 0.165. The molecule has 0 saturated heterocycles. The maximum absolute atomic E-state index is 11.1. The molecule has 1 aromatic carbocycles. The molecule has 1 aromatic rings. The second-order valence-electron chi connectivity index (χ2n) is 2.94. The van der Waals surface area contributed by atoms with E-state index in [2.05, 4.69) is 15.9 Å². The van der Waals surface area contributed by atoms with Crippen LogP contribution in [0.3, 0.4) is 0 Å². The Kier molecular flexibility index (Phi) is 2.79. The SMILES string of the molecule is Cc1cc(C)c(S(N)(=O)=O)c(Br)c1. The van der Waals surface area contributed by atoms with Crippen molar-refractivity contribution < 1.29 is 8.42 Å². The maximum Gasteiger partial charge on any atom is 0.239 e. The summed E-state index contributed by atoms with van der Waals surface area (Å²) >= 11 is 3.17. The number of hydrogen-bond acceptors (Lipinski definition) is 2. The minimum Gasteiger partial charge on any atom is -0.225 e. The van der Waals surface area contributed by atoms with Crippen molar-refractivity contribution in [3.63, 3.8) is 0 Å². The molecule has 0 fully saturated rings. The van der Waals surface area contributed by atoms with E-state index in [1.165, 1.54) is 0 Å². The predicted octanol–water partition coefficient (Wildman–Crippen LogP) is 1.71. The van der Waals surface area contributed by atoms with Gasteiger partial charge < -0.3 is 0 Å². The van der Waals surface area contributed by atoms with Gasteiger partial charge in [-0.25, -0.2) is 13.6 Å². The van der Waals surface area contributed by atoms with Crippen molar-refractivity contribution in [2.45, 2.75) is 18.7 Å². The van der Waals surface area contributed by atoms with E-state index in [9.17, 15) is 8.42 Å². The number of halogens is 1. The van der Waals surface area contributed by atoms with Gasteiger partial charge in [-0.05, 0) is 47.0 Å². The van der Waals surface area contributed by atoms with Gasteiger partial charge in [-0.15, -0.1) is 0 Å². The maximum atomic E-state index is 11.1. The normalized spacial score (nSPS) is 11.7. The van der Waals surface area contributed by atoms with Gasteiger partial charge in [0.25, 0.3) is 0 Å². The smallest absolute Gasteiger partial charge is 0.225 e. The number of aryl methyl sites for hydroxylation is 2. The van der Waals surface area contributed by atoms with Crippen LogP contribution >= 0.6 is 15.9 Å². The van der Waals surface area contributed by atoms with E-state index in [0.717, 1.165) is 5.56 Å². The summed E-state index contributed by atoms with van der Waals surface area (Å²) in [5.41, 5.74) is 1.66. The minimum atomic E-state index is -3.63. The molecule has 0 atom stereocenters. The van der Waals surface area contributed by atoms with Crippen LogP contribution in [0, 0.1) is 13.8 Å². The van der Waals surface area contributed by atoms with E-state index in [-0.39, 0.29) is 4.90 Å². The van der Waals surface area contributed by atoms with E-state index < -0.39 is 10.0 Å². The lowest BCUT2D eigenvalue weighted by Crippen LogP contribution is -2.14. The van der Waals surface area contributed by atoms with Gasteiger partial charge in [0, 0.05) is 4.47 Å². The average molecular weight is 264 g/mol. The van der Waals surface area contributed by atoms with Gasteiger partial charge in [0.05, 0.1) is 4.90 Å². The second kappa shape index (κ2) is 3.40. The third-order valence-electron chi connectivity index (χ3n) is 1.66. The van der Waals surface area contributed by atoms with Gasteiger partial charge in [0.2, 0.25) is 10.0 Å². The molecule has 5 heteroatoms. The molecule has 0 aliphatic rings. The highest BCUT2D eigenvalue weighted by Crippen LogP contribution is 2.25. The van der Waals surface area contributed by atoms with Gasteiger partial charge in [-0.1, -0.05) is 6.07 Å². The number of rotatable bonds is 1. The van der Waals surface area contributed by atoms with Crippen LogP contribution in [0.4, 0.5) is 0 Å². The Labute approximate surface area is 86.1 Å². The molecular weight excluding hydrogens is 254 g/mol. The third kappa shape index (κ3) is 2.30. The molecule has 0 radical (unpaired) electrons. The van der Waals surface area contributed by atoms with Crippen LogP contribution in [0.15, 0.2) is 21.5 Å². The fourth-order valence-corrected chi connectivity index (χ4v) is 3.45. The van der Waals surface area contributed by atoms with Crippen molar-refractivity contribution in [2.75, 3.05) is 0 Å². The highest BCUT2D eigenvalue weighted by molar-refractivity contribution is 9.10. The molecule has 3 nitrogen and oxygen atoms in total. The van der Waals surface area contributed by atoms with Crippen molar-refractivity contribution in [2.24, 2.45) is 5.14 Å². The average Bonchev–Trinajstić information content (AvgIpc) is 1.78. The third-order valence-corrected chi connectivity index (χ3v) is 3.66. The highest BCUT2D eigenvalue weighted by atomic mass is 79.9. The van der Waals surface area contributed by atoms with E-state index in [0.29, 0.717) is 10.0 Å². The van der Waals surface area contributed by atoms with Gasteiger partial charge in [0.15, 0.2) is 0 Å². The molecule has 0 spiro atoms. The molecule has 2 N–H and O–H groups in total. The Morgan fingerprint density at radius 1 is 1.31 bits per heavy atom. The van der Waals surface area contributed by atoms with E-state index >= 15 is 0 Å². The first-order valence-corrected chi connectivity index (χ1v) is 5.96. The molecule has 0 bridgehead atoms. The fourth-order valence-electron chi connectivity index (χ4n) is 1.26. The van der Waals surface area contributed by atoms with Crippen LogP contribution in [-0.2, 0) is 10.0 Å². The molecule has 0 aliphatic carbocycles. The van der Waals surface area contributed by atoms with Crippen molar-refractivity contribution in [3.8, 4) is 0 Å². The first-order valence-electron chi connectivity index (χ1n) is 3.62. The van der Waals surface area contributed by atoms with Crippen LogP contribution in [0.25, 0.3) is 0 Å². The summed E-state index contributed by atoms with van der Waals surface area (Å²) in [7, 11) is -3.63. The highest BCUT2D eigenvalue weighted by Gasteiger charge is 2.15. The molecular formula is C8H10BrNO2S. The van der Waals surface area contributed by atoms with Gasteiger partial charge in [-0.3, -0.25) is 0 Å². The van der Waals surface area contributed by atoms with Gasteiger partial charge in [0.1, 0.15) is 0 Å². The Morgan fingerprint density at radius 3 is 2.23 bits per heavy atom.